The van der Waals surface area contributed by atoms with Crippen molar-refractivity contribution in [3.05, 3.63) is 64.5 Å². The van der Waals surface area contributed by atoms with Gasteiger partial charge in [-0.1, -0.05) is 12.1 Å². The molecule has 7 heteroatoms. The second kappa shape index (κ2) is 8.05. The van der Waals surface area contributed by atoms with Gasteiger partial charge < -0.3 is 9.64 Å². The Hall–Kier alpha value is -2.96. The van der Waals surface area contributed by atoms with E-state index in [2.05, 4.69) is 4.98 Å². The molecule has 0 unspecified atom stereocenters. The summed E-state index contributed by atoms with van der Waals surface area (Å²) in [6.45, 7) is 4.09. The number of non-ortho nitro benzene ring substituents is 1. The minimum atomic E-state index is -0.502. The topological polar surface area (TPSA) is 85.6 Å². The normalized spacial score (nSPS) is 10.5. The number of nitrogens with zero attached hydrogens (tertiary/aromatic N) is 3. The lowest BCUT2D eigenvalue weighted by Crippen LogP contribution is -2.39. The summed E-state index contributed by atoms with van der Waals surface area (Å²) in [6.07, 6.45) is 3.39. The van der Waals surface area contributed by atoms with Crippen LogP contribution in [0.15, 0.2) is 48.8 Å². The molecule has 0 fully saturated rings. The van der Waals surface area contributed by atoms with Crippen molar-refractivity contribution in [3.8, 4) is 5.75 Å². The van der Waals surface area contributed by atoms with Gasteiger partial charge in [0.1, 0.15) is 5.75 Å². The van der Waals surface area contributed by atoms with Gasteiger partial charge in [-0.2, -0.15) is 0 Å². The van der Waals surface area contributed by atoms with Crippen LogP contribution in [0.4, 0.5) is 5.69 Å². The van der Waals surface area contributed by atoms with Crippen LogP contribution in [-0.4, -0.2) is 33.4 Å². The molecule has 0 N–H and O–H groups in total. The van der Waals surface area contributed by atoms with Crippen molar-refractivity contribution in [2.45, 2.75) is 26.4 Å². The van der Waals surface area contributed by atoms with E-state index in [1.165, 1.54) is 18.2 Å². The third kappa shape index (κ3) is 4.77. The molecule has 0 saturated heterocycles. The van der Waals surface area contributed by atoms with Crippen LogP contribution in [0.2, 0.25) is 0 Å². The van der Waals surface area contributed by atoms with Crippen LogP contribution in [-0.2, 0) is 11.3 Å². The maximum Gasteiger partial charge on any atom is 0.273 e. The lowest BCUT2D eigenvalue weighted by Gasteiger charge is -2.26. The predicted octanol–water partition coefficient (Wildman–Crippen LogP) is 2.81. The fraction of sp³-hybridized carbons (Fsp3) is 0.294. The van der Waals surface area contributed by atoms with Gasteiger partial charge in [0.2, 0.25) is 0 Å². The number of hydrogen-bond donors (Lipinski definition) is 0. The van der Waals surface area contributed by atoms with E-state index >= 15 is 0 Å². The van der Waals surface area contributed by atoms with Gasteiger partial charge in [-0.05, 0) is 31.5 Å². The van der Waals surface area contributed by atoms with Crippen LogP contribution in [0.25, 0.3) is 0 Å². The predicted molar refractivity (Wildman–Crippen MR) is 88.5 cm³/mol. The minimum Gasteiger partial charge on any atom is -0.484 e. The summed E-state index contributed by atoms with van der Waals surface area (Å²) in [4.78, 5) is 28.4. The Morgan fingerprint density at radius 1 is 1.33 bits per heavy atom. The monoisotopic (exact) mass is 329 g/mol. The molecule has 0 saturated carbocycles. The number of pyridine rings is 1. The third-order valence-corrected chi connectivity index (χ3v) is 3.41. The van der Waals surface area contributed by atoms with Crippen molar-refractivity contribution in [1.82, 2.24) is 9.88 Å². The van der Waals surface area contributed by atoms with Crippen molar-refractivity contribution in [2.75, 3.05) is 6.61 Å². The highest BCUT2D eigenvalue weighted by atomic mass is 16.6. The van der Waals surface area contributed by atoms with Gasteiger partial charge in [-0.25, -0.2) is 0 Å². The molecule has 0 aliphatic rings. The second-order valence-electron chi connectivity index (χ2n) is 5.52. The molecule has 0 bridgehead atoms. The fourth-order valence-corrected chi connectivity index (χ4v) is 2.16. The Morgan fingerprint density at radius 3 is 2.75 bits per heavy atom. The molecule has 0 spiro atoms. The third-order valence-electron chi connectivity index (χ3n) is 3.41. The largest absolute Gasteiger partial charge is 0.484 e. The van der Waals surface area contributed by atoms with E-state index in [4.69, 9.17) is 4.74 Å². The zero-order valence-corrected chi connectivity index (χ0v) is 13.6. The van der Waals surface area contributed by atoms with Gasteiger partial charge in [0.15, 0.2) is 6.61 Å². The molecule has 0 aliphatic carbocycles. The molecule has 126 valence electrons. The average molecular weight is 329 g/mol. The molecule has 24 heavy (non-hydrogen) atoms. The van der Waals surface area contributed by atoms with Gasteiger partial charge in [-0.15, -0.1) is 0 Å². The molecule has 1 heterocycles. The zero-order valence-electron chi connectivity index (χ0n) is 13.6. The molecule has 1 aromatic carbocycles. The maximum atomic E-state index is 12.4. The standard InChI is InChI=1S/C17H19N3O4/c1-13(2)19(11-14-5-4-8-18-10-14)17(21)12-24-16-7-3-6-15(9-16)20(22)23/h3-10,13H,11-12H2,1-2H3. The quantitative estimate of drug-likeness (QED) is 0.576. The van der Waals surface area contributed by atoms with E-state index in [1.807, 2.05) is 26.0 Å². The summed E-state index contributed by atoms with van der Waals surface area (Å²) in [5.74, 6) is 0.1000. The number of rotatable bonds is 7. The molecule has 2 aromatic rings. The van der Waals surface area contributed by atoms with Gasteiger partial charge in [0.25, 0.3) is 11.6 Å². The van der Waals surface area contributed by atoms with Crippen molar-refractivity contribution >= 4 is 11.6 Å². The van der Waals surface area contributed by atoms with Gasteiger partial charge >= 0.3 is 0 Å². The number of carbonyl (C=O) groups excluding carboxylic acids is 1. The molecule has 1 aromatic heterocycles. The smallest absolute Gasteiger partial charge is 0.273 e. The SMILES string of the molecule is CC(C)N(Cc1cccnc1)C(=O)COc1cccc([N+](=O)[O-])c1. The fourth-order valence-electron chi connectivity index (χ4n) is 2.16. The summed E-state index contributed by atoms with van der Waals surface area (Å²) >= 11 is 0. The molecule has 0 radical (unpaired) electrons. The maximum absolute atomic E-state index is 12.4. The Labute approximate surface area is 140 Å². The first kappa shape index (κ1) is 17.4. The summed E-state index contributed by atoms with van der Waals surface area (Å²) in [6, 6.07) is 9.49. The average Bonchev–Trinajstić information content (AvgIpc) is 2.58. The molecule has 0 aliphatic heterocycles. The Bertz CT molecular complexity index is 704. The molecule has 1 amide bonds. The summed E-state index contributed by atoms with van der Waals surface area (Å²) in [5, 5.41) is 10.8. The minimum absolute atomic E-state index is 0.00795. The molecular weight excluding hydrogens is 310 g/mol. The molecular formula is C17H19N3O4. The van der Waals surface area contributed by atoms with Crippen LogP contribution < -0.4 is 4.74 Å². The van der Waals surface area contributed by atoms with E-state index in [1.54, 1.807) is 23.4 Å². The van der Waals surface area contributed by atoms with E-state index < -0.39 is 4.92 Å². The number of aromatic nitrogens is 1. The number of ether oxygens (including phenoxy) is 1. The Morgan fingerprint density at radius 2 is 2.12 bits per heavy atom. The summed E-state index contributed by atoms with van der Waals surface area (Å²) in [5.41, 5.74) is 0.853. The van der Waals surface area contributed by atoms with Crippen molar-refractivity contribution in [1.29, 1.82) is 0 Å². The number of amides is 1. The molecule has 2 rings (SSSR count). The molecule has 0 atom stereocenters. The summed E-state index contributed by atoms with van der Waals surface area (Å²) < 4.78 is 5.42. The lowest BCUT2D eigenvalue weighted by atomic mass is 10.2. The highest BCUT2D eigenvalue weighted by molar-refractivity contribution is 5.78. The van der Waals surface area contributed by atoms with E-state index in [9.17, 15) is 14.9 Å². The number of hydrogen-bond acceptors (Lipinski definition) is 5. The highest BCUT2D eigenvalue weighted by Crippen LogP contribution is 2.19. The van der Waals surface area contributed by atoms with Crippen molar-refractivity contribution in [2.24, 2.45) is 0 Å². The van der Waals surface area contributed by atoms with Gasteiger partial charge in [0, 0.05) is 31.0 Å². The second-order valence-corrected chi connectivity index (χ2v) is 5.52. The zero-order chi connectivity index (χ0) is 17.5. The van der Waals surface area contributed by atoms with Gasteiger partial charge in [-0.3, -0.25) is 19.9 Å². The van der Waals surface area contributed by atoms with E-state index in [-0.39, 0.29) is 24.2 Å². The van der Waals surface area contributed by atoms with Gasteiger partial charge in [0.05, 0.1) is 11.0 Å². The number of nitro groups is 1. The highest BCUT2D eigenvalue weighted by Gasteiger charge is 2.18. The Balaban J connectivity index is 2.00. The Kier molecular flexibility index (Phi) is 5.83. The van der Waals surface area contributed by atoms with Crippen LogP contribution in [0.3, 0.4) is 0 Å². The van der Waals surface area contributed by atoms with E-state index in [0.717, 1.165) is 5.56 Å². The lowest BCUT2D eigenvalue weighted by molar-refractivity contribution is -0.384. The van der Waals surface area contributed by atoms with Crippen LogP contribution >= 0.6 is 0 Å². The van der Waals surface area contributed by atoms with Crippen LogP contribution in [0, 0.1) is 10.1 Å². The van der Waals surface area contributed by atoms with Crippen LogP contribution in [0.1, 0.15) is 19.4 Å². The molecule has 7 nitrogen and oxygen atoms in total. The number of nitro benzene ring substituents is 1. The number of benzene rings is 1. The summed E-state index contributed by atoms with van der Waals surface area (Å²) in [7, 11) is 0. The van der Waals surface area contributed by atoms with Crippen LogP contribution in [0.5, 0.6) is 5.75 Å². The van der Waals surface area contributed by atoms with E-state index in [0.29, 0.717) is 12.3 Å². The first-order valence-corrected chi connectivity index (χ1v) is 7.53. The first-order valence-electron chi connectivity index (χ1n) is 7.53. The van der Waals surface area contributed by atoms with Crippen molar-refractivity contribution < 1.29 is 14.5 Å². The number of carbonyl (C=O) groups is 1. The first-order chi connectivity index (χ1) is 11.5. The van der Waals surface area contributed by atoms with Crippen molar-refractivity contribution in [3.63, 3.8) is 0 Å².